The first kappa shape index (κ1) is 17.8. The van der Waals surface area contributed by atoms with Gasteiger partial charge in [-0.05, 0) is 43.7 Å². The topological polar surface area (TPSA) is 38.3 Å². The number of nitrogens with one attached hydrogen (secondary N) is 1. The van der Waals surface area contributed by atoms with Crippen molar-refractivity contribution in [1.82, 2.24) is 0 Å². The van der Waals surface area contributed by atoms with Crippen molar-refractivity contribution in [2.24, 2.45) is 11.3 Å². The van der Waals surface area contributed by atoms with E-state index < -0.39 is 0 Å². The van der Waals surface area contributed by atoms with Crippen LogP contribution in [0.25, 0.3) is 0 Å². The van der Waals surface area contributed by atoms with Gasteiger partial charge in [-0.1, -0.05) is 18.2 Å². The Morgan fingerprint density at radius 3 is 2.81 bits per heavy atom. The zero-order valence-corrected chi connectivity index (χ0v) is 17.0. The number of hydrogen-bond donors (Lipinski definition) is 1. The number of ether oxygens (including phenoxy) is 1. The van der Waals surface area contributed by atoms with Crippen LogP contribution >= 0.6 is 0 Å². The summed E-state index contributed by atoms with van der Waals surface area (Å²) in [5.74, 6) is -0.0107. The third-order valence-electron chi connectivity index (χ3n) is 9.30. The van der Waals surface area contributed by atoms with Gasteiger partial charge in [-0.25, -0.2) is 0 Å². The molecule has 27 heavy (non-hydrogen) atoms. The van der Waals surface area contributed by atoms with Gasteiger partial charge in [0.05, 0.1) is 44.1 Å². The smallest absolute Gasteiger partial charge is 0.311 e. The highest BCUT2D eigenvalue weighted by Crippen LogP contribution is 2.75. The molecule has 0 radical (unpaired) electrons. The van der Waals surface area contributed by atoms with E-state index in [1.165, 1.54) is 54.5 Å². The Balaban J connectivity index is 0.00000160. The molecule has 7 rings (SSSR count). The molecule has 5 fully saturated rings. The summed E-state index contributed by atoms with van der Waals surface area (Å²) in [4.78, 5) is 13.0. The second-order valence-electron chi connectivity index (χ2n) is 9.94. The van der Waals surface area contributed by atoms with Gasteiger partial charge in [0.15, 0.2) is 0 Å². The first-order valence-corrected chi connectivity index (χ1v) is 10.3. The van der Waals surface area contributed by atoms with E-state index in [-0.39, 0.29) is 35.2 Å². The third kappa shape index (κ3) is 1.70. The number of quaternary nitrogens is 1. The van der Waals surface area contributed by atoms with E-state index in [1.54, 1.807) is 7.11 Å². The lowest BCUT2D eigenvalue weighted by Gasteiger charge is -2.68. The summed E-state index contributed by atoms with van der Waals surface area (Å²) in [6.45, 7) is 2.55. The molecule has 146 valence electrons. The van der Waals surface area contributed by atoms with Crippen LogP contribution in [0.1, 0.15) is 44.1 Å². The number of anilines is 1. The van der Waals surface area contributed by atoms with Gasteiger partial charge in [0.25, 0.3) is 0 Å². The van der Waals surface area contributed by atoms with E-state index in [0.717, 1.165) is 12.8 Å². The maximum Gasteiger partial charge on any atom is 0.311 e. The first-order valence-electron chi connectivity index (χ1n) is 10.3. The van der Waals surface area contributed by atoms with Crippen LogP contribution in [0.4, 0.5) is 5.69 Å². The van der Waals surface area contributed by atoms with Crippen LogP contribution in [0.15, 0.2) is 24.3 Å². The summed E-state index contributed by atoms with van der Waals surface area (Å²) in [5.41, 5.74) is 3.02. The zero-order valence-electron chi connectivity index (χ0n) is 16.3. The number of esters is 1. The zero-order chi connectivity index (χ0) is 17.8. The van der Waals surface area contributed by atoms with Crippen LogP contribution in [0, 0.1) is 11.3 Å². The maximum atomic E-state index is 13.0. The molecule has 5 heteroatoms. The second-order valence-corrected chi connectivity index (χ2v) is 9.94. The molecule has 3 aliphatic carbocycles. The van der Waals surface area contributed by atoms with Crippen molar-refractivity contribution in [3.05, 3.63) is 29.8 Å². The van der Waals surface area contributed by atoms with Crippen molar-refractivity contribution in [1.29, 1.82) is 0 Å². The van der Waals surface area contributed by atoms with Gasteiger partial charge in [0, 0.05) is 17.5 Å². The van der Waals surface area contributed by atoms with Crippen LogP contribution in [-0.2, 0) is 14.9 Å². The van der Waals surface area contributed by atoms with Gasteiger partial charge in [0.2, 0.25) is 0 Å². The highest BCUT2D eigenvalue weighted by atomic mass is 35.5. The van der Waals surface area contributed by atoms with Crippen molar-refractivity contribution in [2.75, 3.05) is 32.6 Å². The number of methoxy groups -OCH3 is 1. The van der Waals surface area contributed by atoms with E-state index >= 15 is 0 Å². The van der Waals surface area contributed by atoms with Crippen molar-refractivity contribution in [3.8, 4) is 0 Å². The molecule has 3 saturated carbocycles. The number of carbonyl (C=O) groups excluding carboxylic acids is 1. The normalized spacial score (nSPS) is 47.9. The molecule has 6 aliphatic rings. The second kappa shape index (κ2) is 5.21. The van der Waals surface area contributed by atoms with E-state index in [9.17, 15) is 4.79 Å². The number of carbonyl (C=O) groups is 1. The molecule has 3 spiro atoms. The Morgan fingerprint density at radius 1 is 1.19 bits per heavy atom. The molecule has 1 aromatic rings. The molecular weight excluding hydrogens is 360 g/mol. The van der Waals surface area contributed by atoms with Crippen LogP contribution < -0.4 is 17.7 Å². The molecule has 2 saturated heterocycles. The minimum absolute atomic E-state index is 0. The largest absolute Gasteiger partial charge is 1.00 e. The molecule has 3 aliphatic heterocycles. The summed E-state index contributed by atoms with van der Waals surface area (Å²) < 4.78 is 6.58. The quantitative estimate of drug-likeness (QED) is 0.547. The average Bonchev–Trinajstić information content (AvgIpc) is 3.15. The average molecular weight is 389 g/mol. The molecule has 0 amide bonds. The standard InChI is InChI=1S/C22H29N2O2.ClH/c1-24-12-5-8-20-9-10-22(16(14-20)18(25)26-2)21(11-13-24,19(20)24)15-6-3-4-7-17(15)23-22;/h3-4,6-7,16,19,23H,5,8-14H2,1-2H3;1H/q+1;/p-1. The van der Waals surface area contributed by atoms with Crippen LogP contribution in [0.3, 0.4) is 0 Å². The molecule has 1 N–H and O–H groups in total. The highest BCUT2D eigenvalue weighted by Gasteiger charge is 2.83. The minimum atomic E-state index is -0.149. The molecule has 3 heterocycles. The lowest BCUT2D eigenvalue weighted by atomic mass is 9.38. The van der Waals surface area contributed by atoms with E-state index in [0.29, 0.717) is 11.5 Å². The van der Waals surface area contributed by atoms with E-state index in [1.807, 2.05) is 0 Å². The van der Waals surface area contributed by atoms with Crippen molar-refractivity contribution in [2.45, 2.75) is 55.5 Å². The lowest BCUT2D eigenvalue weighted by Crippen LogP contribution is -3.00. The van der Waals surface area contributed by atoms with Crippen LogP contribution in [0.5, 0.6) is 0 Å². The number of likely N-dealkylation sites (N-methyl/N-ethyl adjacent to an activating group) is 1. The van der Waals surface area contributed by atoms with Crippen molar-refractivity contribution < 1.29 is 26.4 Å². The number of para-hydroxylation sites is 1. The number of benzene rings is 1. The summed E-state index contributed by atoms with van der Waals surface area (Å²) in [5, 5.41) is 3.96. The Labute approximate surface area is 167 Å². The predicted molar refractivity (Wildman–Crippen MR) is 99.8 cm³/mol. The van der Waals surface area contributed by atoms with Gasteiger partial charge < -0.3 is 26.9 Å². The minimum Gasteiger partial charge on any atom is -1.00 e. The van der Waals surface area contributed by atoms with Crippen molar-refractivity contribution in [3.63, 3.8) is 0 Å². The van der Waals surface area contributed by atoms with Crippen LogP contribution in [-0.4, -0.2) is 49.3 Å². The summed E-state index contributed by atoms with van der Waals surface area (Å²) in [6.07, 6.45) is 7.19. The fraction of sp³-hybridized carbons (Fsp3) is 0.682. The number of hydrogen-bond acceptors (Lipinski definition) is 3. The Kier molecular flexibility index (Phi) is 3.44. The predicted octanol–water partition coefficient (Wildman–Crippen LogP) is 0.0785. The van der Waals surface area contributed by atoms with Gasteiger partial charge in [-0.3, -0.25) is 4.79 Å². The lowest BCUT2D eigenvalue weighted by molar-refractivity contribution is -0.939. The molecule has 4 nitrogen and oxygen atoms in total. The number of halogens is 1. The van der Waals surface area contributed by atoms with Gasteiger partial charge in [-0.2, -0.15) is 0 Å². The summed E-state index contributed by atoms with van der Waals surface area (Å²) in [6, 6.07) is 9.56. The Hall–Kier alpha value is -1.26. The van der Waals surface area contributed by atoms with E-state index in [2.05, 4.69) is 36.6 Å². The highest BCUT2D eigenvalue weighted by molar-refractivity contribution is 5.80. The summed E-state index contributed by atoms with van der Waals surface area (Å²) in [7, 11) is 4.07. The Morgan fingerprint density at radius 2 is 2.00 bits per heavy atom. The fourth-order valence-electron chi connectivity index (χ4n) is 8.79. The number of nitrogens with zero attached hydrogens (tertiary/aromatic N) is 1. The number of fused-ring (bicyclic) bond motifs is 3. The van der Waals surface area contributed by atoms with Crippen molar-refractivity contribution >= 4 is 11.7 Å². The third-order valence-corrected chi connectivity index (χ3v) is 9.30. The number of piperidine rings is 1. The molecule has 6 unspecified atom stereocenters. The van der Waals surface area contributed by atoms with Crippen LogP contribution in [0.2, 0.25) is 0 Å². The van der Waals surface area contributed by atoms with E-state index in [4.69, 9.17) is 4.74 Å². The SMILES string of the molecule is COC(=O)C1CC23CCC[N+]4(C)CCC5(c6ccccc6NC15CC2)C34.[Cl-]. The molecule has 0 aromatic heterocycles. The fourth-order valence-corrected chi connectivity index (χ4v) is 8.79. The molecular formula is C22H29ClN2O2. The Bertz CT molecular complexity index is 830. The molecule has 1 aromatic carbocycles. The maximum absolute atomic E-state index is 13.0. The van der Waals surface area contributed by atoms with Gasteiger partial charge >= 0.3 is 5.97 Å². The molecule has 2 bridgehead atoms. The van der Waals surface area contributed by atoms with Gasteiger partial charge in [0.1, 0.15) is 6.04 Å². The first-order chi connectivity index (χ1) is 12.5. The summed E-state index contributed by atoms with van der Waals surface area (Å²) >= 11 is 0. The number of rotatable bonds is 1. The van der Waals surface area contributed by atoms with Gasteiger partial charge in [-0.15, -0.1) is 0 Å². The monoisotopic (exact) mass is 388 g/mol. The molecule has 6 atom stereocenters.